The lowest BCUT2D eigenvalue weighted by molar-refractivity contribution is 0.461. The molecule has 0 spiro atoms. The van der Waals surface area contributed by atoms with E-state index < -0.39 is 0 Å². The van der Waals surface area contributed by atoms with Gasteiger partial charge in [0.2, 0.25) is 0 Å². The van der Waals surface area contributed by atoms with Crippen LogP contribution in [-0.4, -0.2) is 9.55 Å². The predicted octanol–water partition coefficient (Wildman–Crippen LogP) is 2.65. The Morgan fingerprint density at radius 1 is 1.21 bits per heavy atom. The van der Waals surface area contributed by atoms with Crippen molar-refractivity contribution >= 4 is 0 Å². The standard InChI is InChI=1S/C12H12N2/c1-12(2)10-6-4-3-5-9(10)11-13-7-8-14(11)12/h3-8H,1-2H3. The Kier molecular flexibility index (Phi) is 1.26. The molecule has 0 amide bonds. The number of imidazole rings is 1. The molecule has 0 saturated heterocycles. The van der Waals surface area contributed by atoms with Crippen molar-refractivity contribution in [3.05, 3.63) is 42.2 Å². The Morgan fingerprint density at radius 3 is 2.86 bits per heavy atom. The van der Waals surface area contributed by atoms with Gasteiger partial charge in [0.25, 0.3) is 0 Å². The third-order valence-corrected chi connectivity index (χ3v) is 3.07. The first kappa shape index (κ1) is 7.80. The molecule has 1 aromatic heterocycles. The Balaban J connectivity index is 2.42. The molecule has 14 heavy (non-hydrogen) atoms. The Labute approximate surface area is 83.2 Å². The molecule has 2 heterocycles. The van der Waals surface area contributed by atoms with Crippen molar-refractivity contribution in [2.75, 3.05) is 0 Å². The molecule has 3 rings (SSSR count). The van der Waals surface area contributed by atoms with E-state index >= 15 is 0 Å². The highest BCUT2D eigenvalue weighted by atomic mass is 15.1. The van der Waals surface area contributed by atoms with Crippen molar-refractivity contribution in [1.29, 1.82) is 0 Å². The molecule has 0 aliphatic carbocycles. The van der Waals surface area contributed by atoms with Crippen molar-refractivity contribution in [3.8, 4) is 11.4 Å². The molecule has 70 valence electrons. The highest BCUT2D eigenvalue weighted by Crippen LogP contribution is 2.41. The number of aromatic nitrogens is 2. The summed E-state index contributed by atoms with van der Waals surface area (Å²) in [6.45, 7) is 4.45. The van der Waals surface area contributed by atoms with E-state index in [1.807, 2.05) is 6.20 Å². The van der Waals surface area contributed by atoms with Gasteiger partial charge in [-0.2, -0.15) is 0 Å². The van der Waals surface area contributed by atoms with E-state index in [0.29, 0.717) is 0 Å². The maximum atomic E-state index is 4.40. The molecule has 1 aromatic carbocycles. The maximum absolute atomic E-state index is 4.40. The van der Waals surface area contributed by atoms with Crippen LogP contribution in [0.25, 0.3) is 11.4 Å². The van der Waals surface area contributed by atoms with Gasteiger partial charge >= 0.3 is 0 Å². The number of nitrogens with zero attached hydrogens (tertiary/aromatic N) is 2. The molecule has 2 aromatic rings. The van der Waals surface area contributed by atoms with Gasteiger partial charge in [0.1, 0.15) is 5.82 Å². The van der Waals surface area contributed by atoms with Gasteiger partial charge in [-0.05, 0) is 19.4 Å². The summed E-state index contributed by atoms with van der Waals surface area (Å²) in [5.74, 6) is 1.09. The van der Waals surface area contributed by atoms with Gasteiger partial charge in [0, 0.05) is 18.0 Å². The minimum absolute atomic E-state index is 0.0441. The Morgan fingerprint density at radius 2 is 2.00 bits per heavy atom. The predicted molar refractivity (Wildman–Crippen MR) is 56.1 cm³/mol. The van der Waals surface area contributed by atoms with Gasteiger partial charge in [-0.3, -0.25) is 0 Å². The highest BCUT2D eigenvalue weighted by molar-refractivity contribution is 5.67. The maximum Gasteiger partial charge on any atom is 0.141 e. The lowest BCUT2D eigenvalue weighted by Gasteiger charge is -2.22. The summed E-state index contributed by atoms with van der Waals surface area (Å²) in [6, 6.07) is 8.49. The summed E-state index contributed by atoms with van der Waals surface area (Å²) >= 11 is 0. The molecule has 2 heteroatoms. The highest BCUT2D eigenvalue weighted by Gasteiger charge is 2.34. The van der Waals surface area contributed by atoms with Crippen LogP contribution in [-0.2, 0) is 5.54 Å². The average Bonchev–Trinajstić information content (AvgIpc) is 2.72. The topological polar surface area (TPSA) is 17.8 Å². The van der Waals surface area contributed by atoms with Crippen molar-refractivity contribution < 1.29 is 0 Å². The summed E-state index contributed by atoms with van der Waals surface area (Å²) in [5.41, 5.74) is 2.67. The lowest BCUT2D eigenvalue weighted by atomic mass is 9.94. The van der Waals surface area contributed by atoms with Gasteiger partial charge in [0.15, 0.2) is 0 Å². The molecular formula is C12H12N2. The van der Waals surface area contributed by atoms with E-state index in [-0.39, 0.29) is 5.54 Å². The zero-order chi connectivity index (χ0) is 9.76. The molecule has 0 unspecified atom stereocenters. The van der Waals surface area contributed by atoms with Crippen molar-refractivity contribution in [2.24, 2.45) is 0 Å². The SMILES string of the molecule is CC1(C)c2ccccc2-c2nccn21. The van der Waals surface area contributed by atoms with Crippen molar-refractivity contribution in [2.45, 2.75) is 19.4 Å². The van der Waals surface area contributed by atoms with Crippen molar-refractivity contribution in [3.63, 3.8) is 0 Å². The van der Waals surface area contributed by atoms with Crippen LogP contribution in [0, 0.1) is 0 Å². The molecule has 0 bridgehead atoms. The van der Waals surface area contributed by atoms with Gasteiger partial charge in [-0.15, -0.1) is 0 Å². The number of fused-ring (bicyclic) bond motifs is 3. The molecule has 1 aliphatic rings. The fourth-order valence-electron chi connectivity index (χ4n) is 2.30. The Bertz CT molecular complexity index is 495. The zero-order valence-corrected chi connectivity index (χ0v) is 8.36. The minimum atomic E-state index is 0.0441. The van der Waals surface area contributed by atoms with Crippen LogP contribution in [0.1, 0.15) is 19.4 Å². The van der Waals surface area contributed by atoms with Gasteiger partial charge in [-0.1, -0.05) is 24.3 Å². The lowest BCUT2D eigenvalue weighted by Crippen LogP contribution is -2.22. The summed E-state index contributed by atoms with van der Waals surface area (Å²) in [5, 5.41) is 0. The monoisotopic (exact) mass is 184 g/mol. The first-order valence-electron chi connectivity index (χ1n) is 4.85. The third-order valence-electron chi connectivity index (χ3n) is 3.07. The second-order valence-electron chi connectivity index (χ2n) is 4.23. The van der Waals surface area contributed by atoms with E-state index in [9.17, 15) is 0 Å². The van der Waals surface area contributed by atoms with Crippen LogP contribution >= 0.6 is 0 Å². The van der Waals surface area contributed by atoms with Crippen molar-refractivity contribution in [1.82, 2.24) is 9.55 Å². The average molecular weight is 184 g/mol. The number of hydrogen-bond donors (Lipinski definition) is 0. The summed E-state index contributed by atoms with van der Waals surface area (Å²) in [4.78, 5) is 4.40. The van der Waals surface area contributed by atoms with Gasteiger partial charge in [-0.25, -0.2) is 4.98 Å². The molecule has 0 N–H and O–H groups in total. The molecular weight excluding hydrogens is 172 g/mol. The molecule has 0 saturated carbocycles. The van der Waals surface area contributed by atoms with Gasteiger partial charge in [0.05, 0.1) is 5.54 Å². The summed E-state index contributed by atoms with van der Waals surface area (Å²) in [6.07, 6.45) is 3.92. The zero-order valence-electron chi connectivity index (χ0n) is 8.36. The molecule has 0 atom stereocenters. The van der Waals surface area contributed by atoms with E-state index in [1.54, 1.807) is 0 Å². The normalized spacial score (nSPS) is 16.4. The number of hydrogen-bond acceptors (Lipinski definition) is 1. The number of benzene rings is 1. The van der Waals surface area contributed by atoms with E-state index in [4.69, 9.17) is 0 Å². The first-order chi connectivity index (χ1) is 6.71. The first-order valence-corrected chi connectivity index (χ1v) is 4.85. The smallest absolute Gasteiger partial charge is 0.141 e. The van der Waals surface area contributed by atoms with Crippen LogP contribution in [0.3, 0.4) is 0 Å². The van der Waals surface area contributed by atoms with Crippen LogP contribution in [0.2, 0.25) is 0 Å². The summed E-state index contributed by atoms with van der Waals surface area (Å²) in [7, 11) is 0. The van der Waals surface area contributed by atoms with Crippen LogP contribution in [0.15, 0.2) is 36.7 Å². The Hall–Kier alpha value is -1.57. The molecule has 2 nitrogen and oxygen atoms in total. The molecule has 1 aliphatic heterocycles. The summed E-state index contributed by atoms with van der Waals surface area (Å²) < 4.78 is 2.23. The number of rotatable bonds is 0. The van der Waals surface area contributed by atoms with E-state index in [2.05, 4.69) is 53.9 Å². The van der Waals surface area contributed by atoms with Crippen LogP contribution < -0.4 is 0 Å². The minimum Gasteiger partial charge on any atom is -0.321 e. The fourth-order valence-corrected chi connectivity index (χ4v) is 2.30. The molecule has 0 fully saturated rings. The van der Waals surface area contributed by atoms with Crippen LogP contribution in [0.4, 0.5) is 0 Å². The second kappa shape index (κ2) is 2.27. The largest absolute Gasteiger partial charge is 0.321 e. The molecule has 0 radical (unpaired) electrons. The van der Waals surface area contributed by atoms with Crippen LogP contribution in [0.5, 0.6) is 0 Å². The second-order valence-corrected chi connectivity index (χ2v) is 4.23. The van der Waals surface area contributed by atoms with Gasteiger partial charge < -0.3 is 4.57 Å². The third kappa shape index (κ3) is 0.739. The van der Waals surface area contributed by atoms with E-state index in [0.717, 1.165) is 5.82 Å². The van der Waals surface area contributed by atoms with E-state index in [1.165, 1.54) is 11.1 Å². The quantitative estimate of drug-likeness (QED) is 0.615. The fraction of sp³-hybridized carbons (Fsp3) is 0.250.